The molecule has 0 aliphatic carbocycles. The molecule has 0 saturated carbocycles. The van der Waals surface area contributed by atoms with Crippen LogP contribution in [0.5, 0.6) is 5.75 Å². The van der Waals surface area contributed by atoms with E-state index >= 15 is 0 Å². The number of nitrogens with zero attached hydrogens (tertiary/aromatic N) is 3. The van der Waals surface area contributed by atoms with Gasteiger partial charge >= 0.3 is 0 Å². The van der Waals surface area contributed by atoms with Gasteiger partial charge < -0.3 is 10.1 Å². The number of hydrogen-bond donors (Lipinski definition) is 1. The van der Waals surface area contributed by atoms with Crippen LogP contribution in [-0.2, 0) is 17.9 Å². The van der Waals surface area contributed by atoms with E-state index in [1.807, 2.05) is 80.2 Å². The topological polar surface area (TPSA) is 59.4 Å². The number of nitrogens with one attached hydrogen (secondary N) is 1. The summed E-state index contributed by atoms with van der Waals surface area (Å²) in [7, 11) is 3.61. The molecule has 3 rings (SSSR count). The van der Waals surface area contributed by atoms with Gasteiger partial charge in [-0.3, -0.25) is 9.69 Å². The van der Waals surface area contributed by atoms with Gasteiger partial charge in [0.25, 0.3) is 0 Å². The monoisotopic (exact) mass is 406 g/mol. The highest BCUT2D eigenvalue weighted by Crippen LogP contribution is 2.20. The Labute approximate surface area is 178 Å². The van der Waals surface area contributed by atoms with E-state index in [9.17, 15) is 4.79 Å². The molecule has 0 bridgehead atoms. The summed E-state index contributed by atoms with van der Waals surface area (Å²) >= 11 is 0. The summed E-state index contributed by atoms with van der Waals surface area (Å²) in [6.07, 6.45) is 0. The third kappa shape index (κ3) is 4.89. The van der Waals surface area contributed by atoms with E-state index in [-0.39, 0.29) is 11.9 Å². The number of likely N-dealkylation sites (N-methyl/N-ethyl adjacent to an activating group) is 1. The molecule has 0 unspecified atom stereocenters. The highest BCUT2D eigenvalue weighted by Gasteiger charge is 2.21. The van der Waals surface area contributed by atoms with Crippen molar-refractivity contribution in [3.05, 3.63) is 77.1 Å². The molecular formula is C24H30N4O2. The lowest BCUT2D eigenvalue weighted by Crippen LogP contribution is -2.42. The Morgan fingerprint density at radius 2 is 1.80 bits per heavy atom. The standard InChI is InChI=1S/C24H30N4O2/c1-17-23(18(2)28(26-17)21-9-7-6-8-10-21)16-27(4)19(3)24(29)25-15-20-11-13-22(30-5)14-12-20/h6-14,19H,15-16H2,1-5H3,(H,25,29)/t19-/m0/s1. The number of carbonyl (C=O) groups excluding carboxylic acids is 1. The van der Waals surface area contributed by atoms with Crippen LogP contribution in [-0.4, -0.2) is 40.8 Å². The van der Waals surface area contributed by atoms with E-state index < -0.39 is 0 Å². The minimum Gasteiger partial charge on any atom is -0.497 e. The fraction of sp³-hybridized carbons (Fsp3) is 0.333. The lowest BCUT2D eigenvalue weighted by molar-refractivity contribution is -0.125. The number of rotatable bonds is 8. The SMILES string of the molecule is COc1ccc(CNC(=O)[C@H](C)N(C)Cc2c(C)nn(-c3ccccc3)c2C)cc1. The number of aromatic nitrogens is 2. The Bertz CT molecular complexity index is 980. The van der Waals surface area contributed by atoms with Crippen LogP contribution in [0.4, 0.5) is 0 Å². The molecule has 6 nitrogen and oxygen atoms in total. The van der Waals surface area contributed by atoms with E-state index in [0.29, 0.717) is 13.1 Å². The summed E-state index contributed by atoms with van der Waals surface area (Å²) in [6.45, 7) is 7.16. The van der Waals surface area contributed by atoms with Crippen LogP contribution in [0.1, 0.15) is 29.4 Å². The quantitative estimate of drug-likeness (QED) is 0.621. The summed E-state index contributed by atoms with van der Waals surface area (Å²) in [4.78, 5) is 14.7. The van der Waals surface area contributed by atoms with Gasteiger partial charge in [-0.25, -0.2) is 4.68 Å². The van der Waals surface area contributed by atoms with Crippen LogP contribution in [0, 0.1) is 13.8 Å². The normalized spacial score (nSPS) is 12.1. The average Bonchev–Trinajstić information content (AvgIpc) is 3.06. The van der Waals surface area contributed by atoms with Crippen molar-refractivity contribution >= 4 is 5.91 Å². The maximum Gasteiger partial charge on any atom is 0.237 e. The largest absolute Gasteiger partial charge is 0.497 e. The fourth-order valence-corrected chi connectivity index (χ4v) is 3.39. The molecule has 0 spiro atoms. The maximum absolute atomic E-state index is 12.7. The second-order valence-electron chi connectivity index (χ2n) is 7.55. The van der Waals surface area contributed by atoms with Crippen LogP contribution >= 0.6 is 0 Å². The predicted octanol–water partition coefficient (Wildman–Crippen LogP) is 3.63. The minimum absolute atomic E-state index is 0.000856. The first kappa shape index (κ1) is 21.6. The van der Waals surface area contributed by atoms with E-state index in [4.69, 9.17) is 9.84 Å². The number of carbonyl (C=O) groups is 1. The van der Waals surface area contributed by atoms with Gasteiger partial charge in [0.1, 0.15) is 5.75 Å². The average molecular weight is 407 g/mol. The van der Waals surface area contributed by atoms with Crippen LogP contribution in [0.25, 0.3) is 5.69 Å². The zero-order valence-electron chi connectivity index (χ0n) is 18.3. The predicted molar refractivity (Wildman–Crippen MR) is 119 cm³/mol. The summed E-state index contributed by atoms with van der Waals surface area (Å²) in [5, 5.41) is 7.73. The van der Waals surface area contributed by atoms with Crippen molar-refractivity contribution in [2.75, 3.05) is 14.2 Å². The molecule has 0 saturated heterocycles. The Kier molecular flexibility index (Phi) is 6.90. The first-order chi connectivity index (χ1) is 14.4. The molecule has 0 radical (unpaired) electrons. The summed E-state index contributed by atoms with van der Waals surface area (Å²) in [5.41, 5.74) is 5.30. The molecule has 1 aromatic heterocycles. The first-order valence-electron chi connectivity index (χ1n) is 10.1. The number of aryl methyl sites for hydroxylation is 1. The van der Waals surface area contributed by atoms with Gasteiger partial charge in [-0.05, 0) is 57.6 Å². The van der Waals surface area contributed by atoms with Gasteiger partial charge in [-0.15, -0.1) is 0 Å². The molecule has 1 heterocycles. The van der Waals surface area contributed by atoms with E-state index in [0.717, 1.165) is 34.0 Å². The van der Waals surface area contributed by atoms with Gasteiger partial charge in [-0.1, -0.05) is 30.3 Å². The number of benzene rings is 2. The third-order valence-electron chi connectivity index (χ3n) is 5.52. The second kappa shape index (κ2) is 9.59. The highest BCUT2D eigenvalue weighted by atomic mass is 16.5. The van der Waals surface area contributed by atoms with Crippen molar-refractivity contribution in [2.45, 2.75) is 39.9 Å². The van der Waals surface area contributed by atoms with Crippen LogP contribution in [0.15, 0.2) is 54.6 Å². The summed E-state index contributed by atoms with van der Waals surface area (Å²) in [6, 6.07) is 17.5. The second-order valence-corrected chi connectivity index (χ2v) is 7.55. The van der Waals surface area contributed by atoms with Gasteiger partial charge in [0.15, 0.2) is 0 Å². The Balaban J connectivity index is 1.62. The molecule has 0 aliphatic rings. The van der Waals surface area contributed by atoms with Crippen LogP contribution in [0.2, 0.25) is 0 Å². The zero-order valence-corrected chi connectivity index (χ0v) is 18.3. The number of para-hydroxylation sites is 1. The maximum atomic E-state index is 12.7. The molecule has 1 amide bonds. The summed E-state index contributed by atoms with van der Waals surface area (Å²) < 4.78 is 7.13. The molecule has 3 aromatic rings. The third-order valence-corrected chi connectivity index (χ3v) is 5.52. The Morgan fingerprint density at radius 3 is 2.43 bits per heavy atom. The molecule has 2 aromatic carbocycles. The van der Waals surface area contributed by atoms with Crippen molar-refractivity contribution in [1.82, 2.24) is 20.0 Å². The number of ether oxygens (including phenoxy) is 1. The lowest BCUT2D eigenvalue weighted by Gasteiger charge is -2.24. The lowest BCUT2D eigenvalue weighted by atomic mass is 10.1. The van der Waals surface area contributed by atoms with Gasteiger partial charge in [0.2, 0.25) is 5.91 Å². The zero-order chi connectivity index (χ0) is 21.7. The number of amides is 1. The van der Waals surface area contributed by atoms with Crippen molar-refractivity contribution in [2.24, 2.45) is 0 Å². The molecule has 6 heteroatoms. The molecule has 30 heavy (non-hydrogen) atoms. The molecule has 1 N–H and O–H groups in total. The van der Waals surface area contributed by atoms with Crippen molar-refractivity contribution in [3.8, 4) is 11.4 Å². The minimum atomic E-state index is -0.262. The smallest absolute Gasteiger partial charge is 0.237 e. The Hall–Kier alpha value is -3.12. The summed E-state index contributed by atoms with van der Waals surface area (Å²) in [5.74, 6) is 0.805. The molecular weight excluding hydrogens is 376 g/mol. The van der Waals surface area contributed by atoms with E-state index in [1.54, 1.807) is 7.11 Å². The van der Waals surface area contributed by atoms with E-state index in [1.165, 1.54) is 0 Å². The highest BCUT2D eigenvalue weighted by molar-refractivity contribution is 5.81. The number of methoxy groups -OCH3 is 1. The molecule has 0 fully saturated rings. The first-order valence-corrected chi connectivity index (χ1v) is 10.1. The van der Waals surface area contributed by atoms with Crippen molar-refractivity contribution in [1.29, 1.82) is 0 Å². The van der Waals surface area contributed by atoms with Crippen LogP contribution in [0.3, 0.4) is 0 Å². The van der Waals surface area contributed by atoms with Crippen molar-refractivity contribution < 1.29 is 9.53 Å². The van der Waals surface area contributed by atoms with Gasteiger partial charge in [0, 0.05) is 24.3 Å². The number of hydrogen-bond acceptors (Lipinski definition) is 4. The van der Waals surface area contributed by atoms with Gasteiger partial charge in [-0.2, -0.15) is 5.10 Å². The fourth-order valence-electron chi connectivity index (χ4n) is 3.39. The molecule has 0 aliphatic heterocycles. The molecule has 1 atom stereocenters. The Morgan fingerprint density at radius 1 is 1.13 bits per heavy atom. The van der Waals surface area contributed by atoms with Gasteiger partial charge in [0.05, 0.1) is 24.5 Å². The van der Waals surface area contributed by atoms with E-state index in [2.05, 4.69) is 17.1 Å². The van der Waals surface area contributed by atoms with Crippen molar-refractivity contribution in [3.63, 3.8) is 0 Å². The van der Waals surface area contributed by atoms with Crippen LogP contribution < -0.4 is 10.1 Å². The molecule has 158 valence electrons.